The molecule has 2 saturated heterocycles. The molecule has 0 aromatic carbocycles. The molecule has 2 saturated carbocycles. The zero-order valence-electron chi connectivity index (χ0n) is 75.6. The second kappa shape index (κ2) is 58.5. The van der Waals surface area contributed by atoms with Crippen molar-refractivity contribution in [2.75, 3.05) is 106 Å². The Hall–Kier alpha value is -9.00. The Bertz CT molecular complexity index is 3300. The third-order valence-corrected chi connectivity index (χ3v) is 22.2. The number of esters is 9. The van der Waals surface area contributed by atoms with Crippen molar-refractivity contribution in [1.82, 2.24) is 41.9 Å². The minimum absolute atomic E-state index is 0.0324. The van der Waals surface area contributed by atoms with Gasteiger partial charge in [0.1, 0.15) is 43.6 Å². The van der Waals surface area contributed by atoms with Crippen LogP contribution in [0.15, 0.2) is 0 Å². The lowest BCUT2D eigenvalue weighted by Crippen LogP contribution is -2.66. The number of carbonyl (C=O) groups excluding carboxylic acids is 16. The average Bonchev–Trinajstić information content (AvgIpc) is 0.790. The monoisotopic (exact) mass is 1830 g/mol. The predicted octanol–water partition coefficient (Wildman–Crippen LogP) is 1.50. The number of ether oxygens (including phenoxy) is 17. The highest BCUT2D eigenvalue weighted by Gasteiger charge is 2.55. The molecule has 16 atom stereocenters. The van der Waals surface area contributed by atoms with Gasteiger partial charge in [-0.1, -0.05) is 0 Å². The number of unbranched alkanes of at least 4 members (excludes halogenated alkanes) is 1. The van der Waals surface area contributed by atoms with E-state index in [1.165, 1.54) is 27.7 Å². The van der Waals surface area contributed by atoms with E-state index in [0.717, 1.165) is 55.4 Å². The fraction of sp³-hybridized carbons (Fsp3) is 0.793. The fourth-order valence-corrected chi connectivity index (χ4v) is 16.6. The Morgan fingerprint density at radius 1 is 0.433 bits per heavy atom. The SMILES string of the molecule is CC(=O)NC1C(OCCOCCNC(=O)CCC(CCC(=O)NCCOCCOC2OC(COC(C)=O)C(OC(C)=O)C(OC(C)=O)C2NC(C)=O)(CCC(=O)NCCOCCOC2OC(COC(C)=O)C(OC(C)=O)C(OC(C)=O)C2NC(C)=O)NC(=O)C2CCC(OP(OCCCC#N)N(C(C)C)C(C)C)CC2)CC(COC(C)=O)C(OC(C)=O)C1OC(C)=O. The summed E-state index contributed by atoms with van der Waals surface area (Å²) in [5, 5.41) is 28.9. The standard InChI is InChI=1S/C82H132N9O35P/c1-47(2)91(48(3)4)127(117-33-18-17-29-83)126-63-21-19-61(20-22-63)79(107)90-82(26-23-67(104)84-30-34-108-37-40-111-64-43-62(44-114-52(8)95)73(118-55(11)98)76(121-58(14)101)70(64)87-49(5)92,27-24-68(105)85-31-35-109-38-41-112-80-71(88-50(6)93)77(122-59(15)102)74(119-56(12)99)65(124-80)45-115-53(9)96)28-25-69(106)86-32-36-110-39-42-113-81-72(89-51(7)94)78(123-60(16)103)75(120-57(13)100)66(125-81)46-116-54(10)97/h47-48,61-66,70-78,80-81H,17-28,30-46H2,1-16H3,(H,84,104)(H,85,105)(H,86,106)(H,87,92)(H,88,93)(H,89,94)(H,90,107). The molecule has 720 valence electrons. The van der Waals surface area contributed by atoms with E-state index >= 15 is 4.79 Å². The summed E-state index contributed by atoms with van der Waals surface area (Å²) in [4.78, 5) is 205. The van der Waals surface area contributed by atoms with Gasteiger partial charge < -0.3 is 127 Å². The molecule has 45 heteroatoms. The van der Waals surface area contributed by atoms with Gasteiger partial charge in [-0.3, -0.25) is 76.7 Å². The Labute approximate surface area is 741 Å². The number of nitrogens with zero attached hydrogens (tertiary/aromatic N) is 2. The van der Waals surface area contributed by atoms with Gasteiger partial charge in [0.2, 0.25) is 41.4 Å². The second-order valence-electron chi connectivity index (χ2n) is 31.4. The summed E-state index contributed by atoms with van der Waals surface area (Å²) < 4.78 is 112. The second-order valence-corrected chi connectivity index (χ2v) is 32.8. The van der Waals surface area contributed by atoms with Crippen molar-refractivity contribution >= 4 is 104 Å². The van der Waals surface area contributed by atoms with Crippen molar-refractivity contribution in [2.24, 2.45) is 11.8 Å². The van der Waals surface area contributed by atoms with Crippen molar-refractivity contribution < 1.29 is 166 Å². The van der Waals surface area contributed by atoms with Crippen LogP contribution in [0.4, 0.5) is 0 Å². The van der Waals surface area contributed by atoms with Crippen molar-refractivity contribution in [1.29, 1.82) is 5.26 Å². The lowest BCUT2D eigenvalue weighted by Gasteiger charge is -2.45. The van der Waals surface area contributed by atoms with E-state index in [4.69, 9.17) is 89.6 Å². The third-order valence-electron chi connectivity index (χ3n) is 20.0. The Morgan fingerprint density at radius 3 is 1.17 bits per heavy atom. The van der Waals surface area contributed by atoms with E-state index in [9.17, 15) is 77.2 Å². The average molecular weight is 1830 g/mol. The molecule has 2 aliphatic heterocycles. The highest BCUT2D eigenvalue weighted by molar-refractivity contribution is 7.44. The van der Waals surface area contributed by atoms with Crippen molar-refractivity contribution in [3.8, 4) is 6.07 Å². The number of nitrogens with one attached hydrogen (secondary N) is 7. The molecule has 7 N–H and O–H groups in total. The van der Waals surface area contributed by atoms with E-state index in [1.54, 1.807) is 0 Å². The number of hydrogen-bond donors (Lipinski definition) is 7. The number of hydrogen-bond acceptors (Lipinski definition) is 37. The molecule has 2 aliphatic carbocycles. The number of carbonyl (C=O) groups is 16. The quantitative estimate of drug-likeness (QED) is 0.0196. The summed E-state index contributed by atoms with van der Waals surface area (Å²) in [6.07, 6.45) is -13.1. The first-order valence-electron chi connectivity index (χ1n) is 42.6. The zero-order valence-corrected chi connectivity index (χ0v) is 76.5. The van der Waals surface area contributed by atoms with E-state index < -0.39 is 220 Å². The molecule has 0 aromatic heterocycles. The molecule has 16 unspecified atom stereocenters. The van der Waals surface area contributed by atoms with Crippen LogP contribution in [0.1, 0.15) is 194 Å². The van der Waals surface area contributed by atoms with Crippen LogP contribution in [-0.4, -0.2) is 315 Å². The van der Waals surface area contributed by atoms with Gasteiger partial charge in [-0.05, 0) is 85.5 Å². The van der Waals surface area contributed by atoms with Gasteiger partial charge in [0.25, 0.3) is 8.53 Å². The van der Waals surface area contributed by atoms with Crippen LogP contribution in [0.3, 0.4) is 0 Å². The Balaban J connectivity index is 1.60. The third kappa shape index (κ3) is 42.4. The summed E-state index contributed by atoms with van der Waals surface area (Å²) in [5.41, 5.74) is -1.45. The van der Waals surface area contributed by atoms with Gasteiger partial charge >= 0.3 is 53.7 Å². The summed E-state index contributed by atoms with van der Waals surface area (Å²) in [6.45, 7) is 19.7. The first-order valence-corrected chi connectivity index (χ1v) is 43.8. The fourth-order valence-electron chi connectivity index (χ4n) is 14.8. The maximum atomic E-state index is 15.1. The lowest BCUT2D eigenvalue weighted by molar-refractivity contribution is -0.279. The smallest absolute Gasteiger partial charge is 0.303 e. The van der Waals surface area contributed by atoms with Crippen LogP contribution in [0, 0.1) is 23.2 Å². The number of nitriles is 1. The molecular weight excluding hydrogens is 1700 g/mol. The van der Waals surface area contributed by atoms with Crippen LogP contribution < -0.4 is 37.2 Å². The molecular formula is C82H132N9O35P. The molecule has 44 nitrogen and oxygen atoms in total. The first kappa shape index (κ1) is 110. The van der Waals surface area contributed by atoms with E-state index in [1.807, 2.05) is 27.7 Å². The van der Waals surface area contributed by atoms with E-state index in [0.29, 0.717) is 45.1 Å². The molecule has 0 aromatic rings. The highest BCUT2D eigenvalue weighted by atomic mass is 31.2. The minimum atomic E-state index is -1.59. The molecule has 0 spiro atoms. The van der Waals surface area contributed by atoms with Crippen molar-refractivity contribution in [3.63, 3.8) is 0 Å². The first-order chi connectivity index (χ1) is 60.1. The summed E-state index contributed by atoms with van der Waals surface area (Å²) >= 11 is 0. The zero-order chi connectivity index (χ0) is 94.5. The largest absolute Gasteiger partial charge is 0.465 e. The maximum Gasteiger partial charge on any atom is 0.303 e. The van der Waals surface area contributed by atoms with Gasteiger partial charge in [0.15, 0.2) is 43.1 Å². The normalized spacial score (nSPS) is 24.6. The van der Waals surface area contributed by atoms with Gasteiger partial charge in [0, 0.05) is 158 Å². The Kier molecular flexibility index (Phi) is 50.9. The van der Waals surface area contributed by atoms with Crippen LogP contribution in [0.2, 0.25) is 0 Å². The minimum Gasteiger partial charge on any atom is -0.465 e. The van der Waals surface area contributed by atoms with Crippen LogP contribution >= 0.6 is 8.53 Å². The van der Waals surface area contributed by atoms with Gasteiger partial charge in [0.05, 0.1) is 97.0 Å². The Morgan fingerprint density at radius 2 is 0.795 bits per heavy atom. The number of rotatable bonds is 56. The number of amides is 7. The van der Waals surface area contributed by atoms with E-state index in [2.05, 4.69) is 48.0 Å². The summed E-state index contributed by atoms with van der Waals surface area (Å²) in [7, 11) is -1.59. The maximum absolute atomic E-state index is 15.1. The van der Waals surface area contributed by atoms with Crippen LogP contribution in [0.5, 0.6) is 0 Å². The summed E-state index contributed by atoms with van der Waals surface area (Å²) in [6, 6.07) is -1.34. The van der Waals surface area contributed by atoms with Crippen molar-refractivity contribution in [3.05, 3.63) is 0 Å². The molecule has 4 rings (SSSR count). The summed E-state index contributed by atoms with van der Waals surface area (Å²) in [5.74, 6) is -11.8. The molecule has 4 aliphatic rings. The molecule has 4 fully saturated rings. The molecule has 0 bridgehead atoms. The van der Waals surface area contributed by atoms with E-state index in [-0.39, 0.29) is 149 Å². The molecule has 0 radical (unpaired) electrons. The molecule has 7 amide bonds. The van der Waals surface area contributed by atoms with Crippen LogP contribution in [-0.2, 0) is 166 Å². The van der Waals surface area contributed by atoms with Gasteiger partial charge in [-0.15, -0.1) is 0 Å². The molecule has 127 heavy (non-hydrogen) atoms. The van der Waals surface area contributed by atoms with Gasteiger partial charge in [-0.2, -0.15) is 5.26 Å². The van der Waals surface area contributed by atoms with Crippen molar-refractivity contribution in [2.45, 2.75) is 304 Å². The van der Waals surface area contributed by atoms with Gasteiger partial charge in [-0.25, -0.2) is 4.67 Å². The predicted molar refractivity (Wildman–Crippen MR) is 440 cm³/mol. The lowest BCUT2D eigenvalue weighted by atomic mass is 9.79. The van der Waals surface area contributed by atoms with Crippen LogP contribution in [0.25, 0.3) is 0 Å². The topological polar surface area (TPSA) is 560 Å². The highest BCUT2D eigenvalue weighted by Crippen LogP contribution is 2.49. The molecule has 2 heterocycles.